The number of carboxylic acids is 1. The normalized spacial score (nSPS) is 11.3. The largest absolute Gasteiger partial charge is 0.478 e. The number of rotatable bonds is 5. The van der Waals surface area contributed by atoms with Gasteiger partial charge in [-0.05, 0) is 19.9 Å². The van der Waals surface area contributed by atoms with Crippen LogP contribution in [0.3, 0.4) is 0 Å². The van der Waals surface area contributed by atoms with Crippen LogP contribution in [0.15, 0.2) is 29.7 Å². The Morgan fingerprint density at radius 1 is 1.48 bits per heavy atom. The summed E-state index contributed by atoms with van der Waals surface area (Å²) in [5.41, 5.74) is -0.283. The third-order valence-corrected chi connectivity index (χ3v) is 4.10. The summed E-state index contributed by atoms with van der Waals surface area (Å²) < 4.78 is 28.4. The van der Waals surface area contributed by atoms with Crippen molar-refractivity contribution in [3.05, 3.63) is 36.0 Å². The molecule has 0 spiro atoms. The molecule has 0 bridgehead atoms. The first-order chi connectivity index (χ1) is 9.85. The van der Waals surface area contributed by atoms with Crippen molar-refractivity contribution in [2.24, 2.45) is 0 Å². The fourth-order valence-electron chi connectivity index (χ4n) is 1.79. The van der Waals surface area contributed by atoms with Crippen LogP contribution >= 0.6 is 0 Å². The van der Waals surface area contributed by atoms with E-state index in [1.807, 2.05) is 6.92 Å². The molecule has 0 saturated carbocycles. The molecular formula is C12H14N4O4S. The van der Waals surface area contributed by atoms with E-state index in [1.165, 1.54) is 18.5 Å². The first-order valence-electron chi connectivity index (χ1n) is 6.09. The first kappa shape index (κ1) is 15.0. The molecule has 2 aromatic heterocycles. The molecule has 0 unspecified atom stereocenters. The van der Waals surface area contributed by atoms with Crippen LogP contribution in [0.5, 0.6) is 0 Å². The summed E-state index contributed by atoms with van der Waals surface area (Å²) in [5, 5.41) is 8.87. The Morgan fingerprint density at radius 3 is 2.76 bits per heavy atom. The van der Waals surface area contributed by atoms with Crippen molar-refractivity contribution in [1.29, 1.82) is 0 Å². The Hall–Kier alpha value is -2.42. The molecule has 9 heteroatoms. The van der Waals surface area contributed by atoms with E-state index < -0.39 is 16.0 Å². The van der Waals surface area contributed by atoms with Gasteiger partial charge in [0.1, 0.15) is 5.82 Å². The lowest BCUT2D eigenvalue weighted by Crippen LogP contribution is -2.16. The van der Waals surface area contributed by atoms with Crippen molar-refractivity contribution in [3.63, 3.8) is 0 Å². The van der Waals surface area contributed by atoms with Crippen LogP contribution in [-0.4, -0.2) is 34.0 Å². The molecule has 0 fully saturated rings. The van der Waals surface area contributed by atoms with Crippen molar-refractivity contribution in [1.82, 2.24) is 14.5 Å². The minimum absolute atomic E-state index is 0.103. The Labute approximate surface area is 121 Å². The van der Waals surface area contributed by atoms with E-state index >= 15 is 0 Å². The van der Waals surface area contributed by atoms with E-state index in [0.29, 0.717) is 12.4 Å². The molecule has 21 heavy (non-hydrogen) atoms. The second-order valence-electron chi connectivity index (χ2n) is 4.24. The highest BCUT2D eigenvalue weighted by atomic mass is 32.2. The summed E-state index contributed by atoms with van der Waals surface area (Å²) >= 11 is 0. The van der Waals surface area contributed by atoms with Gasteiger partial charge in [-0.1, -0.05) is 0 Å². The first-order valence-corrected chi connectivity index (χ1v) is 7.57. The number of nitrogens with one attached hydrogen (secondary N) is 1. The Balaban J connectivity index is 2.40. The molecule has 0 aromatic carbocycles. The number of anilines is 1. The van der Waals surface area contributed by atoms with E-state index in [1.54, 1.807) is 11.5 Å². The predicted molar refractivity (Wildman–Crippen MR) is 74.6 cm³/mol. The molecule has 2 rings (SSSR count). The van der Waals surface area contributed by atoms with Crippen molar-refractivity contribution in [2.75, 3.05) is 4.72 Å². The van der Waals surface area contributed by atoms with E-state index in [4.69, 9.17) is 5.11 Å². The zero-order valence-corrected chi connectivity index (χ0v) is 12.3. The lowest BCUT2D eigenvalue weighted by Gasteiger charge is -2.07. The summed E-state index contributed by atoms with van der Waals surface area (Å²) in [4.78, 5) is 18.8. The zero-order valence-electron chi connectivity index (χ0n) is 11.4. The summed E-state index contributed by atoms with van der Waals surface area (Å²) in [6.07, 6.45) is 3.82. The number of carboxylic acid groups (broad SMARTS) is 1. The molecule has 0 radical (unpaired) electrons. The summed E-state index contributed by atoms with van der Waals surface area (Å²) in [7, 11) is -3.97. The van der Waals surface area contributed by atoms with Gasteiger partial charge in [-0.3, -0.25) is 9.71 Å². The molecule has 0 aliphatic heterocycles. The number of carbonyl (C=O) groups is 1. The van der Waals surface area contributed by atoms with Crippen LogP contribution in [-0.2, 0) is 16.6 Å². The van der Waals surface area contributed by atoms with Gasteiger partial charge < -0.3 is 9.67 Å². The van der Waals surface area contributed by atoms with Crippen LogP contribution in [0.25, 0.3) is 0 Å². The Kier molecular flexibility index (Phi) is 3.94. The molecule has 2 N–H and O–H groups in total. The number of aromatic nitrogens is 3. The average molecular weight is 310 g/mol. The SMILES string of the molecule is CCn1cc(S(=O)(=O)Nc2cnccc2C(=O)O)nc1C. The van der Waals surface area contributed by atoms with E-state index in [9.17, 15) is 13.2 Å². The second kappa shape index (κ2) is 5.52. The molecule has 0 aliphatic carbocycles. The highest BCUT2D eigenvalue weighted by molar-refractivity contribution is 7.92. The van der Waals surface area contributed by atoms with Crippen molar-refractivity contribution >= 4 is 21.7 Å². The smallest absolute Gasteiger partial charge is 0.337 e. The molecule has 0 amide bonds. The lowest BCUT2D eigenvalue weighted by molar-refractivity contribution is 0.0698. The van der Waals surface area contributed by atoms with Crippen LogP contribution in [0.4, 0.5) is 5.69 Å². The molecule has 8 nitrogen and oxygen atoms in total. The molecule has 0 aliphatic rings. The van der Waals surface area contributed by atoms with Crippen LogP contribution in [0.1, 0.15) is 23.1 Å². The minimum atomic E-state index is -3.97. The fourth-order valence-corrected chi connectivity index (χ4v) is 2.86. The van der Waals surface area contributed by atoms with E-state index in [0.717, 1.165) is 6.20 Å². The van der Waals surface area contributed by atoms with Gasteiger partial charge >= 0.3 is 5.97 Å². The van der Waals surface area contributed by atoms with Gasteiger partial charge in [0.25, 0.3) is 10.0 Å². The Morgan fingerprint density at radius 2 is 2.19 bits per heavy atom. The minimum Gasteiger partial charge on any atom is -0.478 e. The van der Waals surface area contributed by atoms with E-state index in [2.05, 4.69) is 14.7 Å². The zero-order chi connectivity index (χ0) is 15.6. The number of hydrogen-bond acceptors (Lipinski definition) is 5. The number of hydrogen-bond donors (Lipinski definition) is 2. The molecule has 112 valence electrons. The second-order valence-corrected chi connectivity index (χ2v) is 5.87. The highest BCUT2D eigenvalue weighted by Gasteiger charge is 2.21. The van der Waals surface area contributed by atoms with Crippen LogP contribution in [0.2, 0.25) is 0 Å². The van der Waals surface area contributed by atoms with Gasteiger partial charge in [0.05, 0.1) is 17.4 Å². The fraction of sp³-hybridized carbons (Fsp3) is 0.250. The highest BCUT2D eigenvalue weighted by Crippen LogP contribution is 2.19. The van der Waals surface area contributed by atoms with Crippen molar-refractivity contribution in [3.8, 4) is 0 Å². The average Bonchev–Trinajstić information content (AvgIpc) is 2.81. The summed E-state index contributed by atoms with van der Waals surface area (Å²) in [6, 6.07) is 1.22. The standard InChI is InChI=1S/C12H14N4O4S/c1-3-16-7-11(14-8(16)2)21(19,20)15-10-6-13-5-4-9(10)12(17)18/h4-7,15H,3H2,1-2H3,(H,17,18). The molecule has 0 saturated heterocycles. The number of pyridine rings is 1. The third-order valence-electron chi connectivity index (χ3n) is 2.87. The quantitative estimate of drug-likeness (QED) is 0.855. The number of sulfonamides is 1. The third kappa shape index (κ3) is 3.02. The molecule has 2 heterocycles. The van der Waals surface area contributed by atoms with Gasteiger partial charge in [-0.2, -0.15) is 8.42 Å². The van der Waals surface area contributed by atoms with Gasteiger partial charge in [-0.25, -0.2) is 9.78 Å². The van der Waals surface area contributed by atoms with Crippen molar-refractivity contribution < 1.29 is 18.3 Å². The Bertz CT molecular complexity index is 782. The number of imidazole rings is 1. The topological polar surface area (TPSA) is 114 Å². The number of nitrogens with zero attached hydrogens (tertiary/aromatic N) is 3. The van der Waals surface area contributed by atoms with E-state index in [-0.39, 0.29) is 16.3 Å². The predicted octanol–water partition coefficient (Wildman–Crippen LogP) is 1.11. The maximum Gasteiger partial charge on any atom is 0.337 e. The van der Waals surface area contributed by atoms with Crippen molar-refractivity contribution in [2.45, 2.75) is 25.4 Å². The van der Waals surface area contributed by atoms with Gasteiger partial charge in [0.15, 0.2) is 5.03 Å². The number of aromatic carboxylic acids is 1. The monoisotopic (exact) mass is 310 g/mol. The molecular weight excluding hydrogens is 296 g/mol. The maximum absolute atomic E-state index is 12.3. The summed E-state index contributed by atoms with van der Waals surface area (Å²) in [5.74, 6) is -0.687. The van der Waals surface area contributed by atoms with Gasteiger partial charge in [0, 0.05) is 18.9 Å². The molecule has 2 aromatic rings. The van der Waals surface area contributed by atoms with Crippen LogP contribution < -0.4 is 4.72 Å². The lowest BCUT2D eigenvalue weighted by atomic mass is 10.2. The molecule has 0 atom stereocenters. The number of aryl methyl sites for hydroxylation is 2. The maximum atomic E-state index is 12.3. The van der Waals surface area contributed by atoms with Gasteiger partial charge in [-0.15, -0.1) is 0 Å². The van der Waals surface area contributed by atoms with Crippen LogP contribution in [0, 0.1) is 6.92 Å². The van der Waals surface area contributed by atoms with Gasteiger partial charge in [0.2, 0.25) is 0 Å². The summed E-state index contributed by atoms with van der Waals surface area (Å²) in [6.45, 7) is 4.14.